The van der Waals surface area contributed by atoms with Crippen LogP contribution in [0.25, 0.3) is 0 Å². The van der Waals surface area contributed by atoms with Crippen LogP contribution < -0.4 is 0 Å². The average molecular weight is 273 g/mol. The topological polar surface area (TPSA) is 33.1 Å². The molecule has 0 saturated carbocycles. The average Bonchev–Trinajstić information content (AvgIpc) is 2.40. The van der Waals surface area contributed by atoms with Crippen LogP contribution >= 0.6 is 11.8 Å². The number of aliphatic hydroxyl groups excluding tert-OH is 1. The van der Waals surface area contributed by atoms with E-state index in [9.17, 15) is 5.11 Å². The summed E-state index contributed by atoms with van der Waals surface area (Å²) in [5.41, 5.74) is 2.06. The van der Waals surface area contributed by atoms with Gasteiger partial charge >= 0.3 is 0 Å². The van der Waals surface area contributed by atoms with Gasteiger partial charge in [-0.15, -0.1) is 0 Å². The number of pyridine rings is 1. The molecule has 0 spiro atoms. The molecule has 0 saturated heterocycles. The Bertz CT molecular complexity index is 468. The first-order valence-corrected chi connectivity index (χ1v) is 7.29. The number of benzene rings is 1. The molecule has 1 N–H and O–H groups in total. The van der Waals surface area contributed by atoms with Gasteiger partial charge in [-0.1, -0.05) is 37.7 Å². The summed E-state index contributed by atoms with van der Waals surface area (Å²) in [4.78, 5) is 6.54. The Kier molecular flexibility index (Phi) is 4.61. The van der Waals surface area contributed by atoms with Gasteiger partial charge < -0.3 is 5.11 Å². The van der Waals surface area contributed by atoms with Gasteiger partial charge in [0.2, 0.25) is 0 Å². The number of nitrogens with zero attached hydrogens (tertiary/aromatic N) is 1. The molecule has 0 aliphatic carbocycles. The zero-order valence-corrected chi connectivity index (χ0v) is 12.3. The molecule has 100 valence electrons. The van der Waals surface area contributed by atoms with Crippen molar-refractivity contribution in [2.75, 3.05) is 0 Å². The minimum absolute atomic E-state index is 0.510. The van der Waals surface area contributed by atoms with Crippen molar-refractivity contribution in [3.05, 3.63) is 53.9 Å². The fourth-order valence-corrected chi connectivity index (χ4v) is 2.54. The maximum absolute atomic E-state index is 9.42. The highest BCUT2D eigenvalue weighted by molar-refractivity contribution is 7.99. The van der Waals surface area contributed by atoms with Crippen molar-refractivity contribution in [3.8, 4) is 0 Å². The lowest BCUT2D eigenvalue weighted by molar-refractivity contribution is 0.194. The molecule has 2 rings (SSSR count). The van der Waals surface area contributed by atoms with Gasteiger partial charge in [-0.2, -0.15) is 0 Å². The molecule has 1 aromatic heterocycles. The molecule has 1 atom stereocenters. The summed E-state index contributed by atoms with van der Waals surface area (Å²) in [7, 11) is 0. The van der Waals surface area contributed by atoms with Crippen LogP contribution in [0.4, 0.5) is 0 Å². The molecule has 0 bridgehead atoms. The zero-order chi connectivity index (χ0) is 13.8. The van der Waals surface area contributed by atoms with E-state index in [0.717, 1.165) is 4.90 Å². The van der Waals surface area contributed by atoms with E-state index < -0.39 is 6.10 Å². The molecule has 0 unspecified atom stereocenters. The van der Waals surface area contributed by atoms with Crippen molar-refractivity contribution in [1.82, 2.24) is 4.98 Å². The van der Waals surface area contributed by atoms with Crippen LogP contribution in [0, 0.1) is 0 Å². The lowest BCUT2D eigenvalue weighted by Crippen LogP contribution is -1.94. The molecule has 0 aliphatic heterocycles. The summed E-state index contributed by atoms with van der Waals surface area (Å²) in [6.45, 7) is 6.11. The highest BCUT2D eigenvalue weighted by Gasteiger charge is 2.04. The number of aromatic nitrogens is 1. The largest absolute Gasteiger partial charge is 0.387 e. The molecule has 0 radical (unpaired) electrons. The predicted octanol–water partition coefficient (Wildman–Crippen LogP) is 4.41. The second-order valence-corrected chi connectivity index (χ2v) is 6.07. The number of hydrogen-bond donors (Lipinski definition) is 1. The third kappa shape index (κ3) is 3.82. The van der Waals surface area contributed by atoms with Gasteiger partial charge in [-0.05, 0) is 42.7 Å². The Balaban J connectivity index is 2.08. The van der Waals surface area contributed by atoms with Crippen LogP contribution in [-0.4, -0.2) is 10.1 Å². The van der Waals surface area contributed by atoms with E-state index >= 15 is 0 Å². The summed E-state index contributed by atoms with van der Waals surface area (Å²) in [6.07, 6.45) is 1.30. The lowest BCUT2D eigenvalue weighted by atomic mass is 10.0. The number of aliphatic hydroxyl groups is 1. The van der Waals surface area contributed by atoms with E-state index in [1.807, 2.05) is 18.3 Å². The smallest absolute Gasteiger partial charge is 0.0931 e. The molecular formula is C16H19NOS. The van der Waals surface area contributed by atoms with Gasteiger partial charge in [0.25, 0.3) is 0 Å². The molecule has 0 amide bonds. The van der Waals surface area contributed by atoms with Crippen LogP contribution in [0.5, 0.6) is 0 Å². The van der Waals surface area contributed by atoms with Crippen LogP contribution in [0.1, 0.15) is 44.1 Å². The van der Waals surface area contributed by atoms with Crippen molar-refractivity contribution in [3.63, 3.8) is 0 Å². The summed E-state index contributed by atoms with van der Waals surface area (Å²) in [5.74, 6) is 0.561. The fourth-order valence-electron chi connectivity index (χ4n) is 1.76. The molecule has 1 heterocycles. The summed E-state index contributed by atoms with van der Waals surface area (Å²) in [5, 5.41) is 9.42. The van der Waals surface area contributed by atoms with Crippen molar-refractivity contribution in [1.29, 1.82) is 0 Å². The SMILES string of the molecule is CC(C)c1ccc(Sc2ccc([C@@H](C)O)nc2)cc1. The van der Waals surface area contributed by atoms with E-state index in [2.05, 4.69) is 43.1 Å². The second-order valence-electron chi connectivity index (χ2n) is 4.92. The van der Waals surface area contributed by atoms with Crippen molar-refractivity contribution in [2.24, 2.45) is 0 Å². The predicted molar refractivity (Wildman–Crippen MR) is 79.5 cm³/mol. The minimum Gasteiger partial charge on any atom is -0.387 e. The van der Waals surface area contributed by atoms with Crippen LogP contribution in [0.2, 0.25) is 0 Å². The Hall–Kier alpha value is -1.32. The molecule has 19 heavy (non-hydrogen) atoms. The third-order valence-corrected chi connectivity index (χ3v) is 3.95. The molecule has 0 aliphatic rings. The van der Waals surface area contributed by atoms with E-state index in [1.165, 1.54) is 10.5 Å². The molecule has 1 aromatic carbocycles. The molecule has 2 aromatic rings. The first-order valence-electron chi connectivity index (χ1n) is 6.48. The highest BCUT2D eigenvalue weighted by atomic mass is 32.2. The maximum atomic E-state index is 9.42. The maximum Gasteiger partial charge on any atom is 0.0931 e. The van der Waals surface area contributed by atoms with Gasteiger partial charge in [0, 0.05) is 16.0 Å². The monoisotopic (exact) mass is 273 g/mol. The van der Waals surface area contributed by atoms with Gasteiger partial charge in [-0.3, -0.25) is 4.98 Å². The van der Waals surface area contributed by atoms with Crippen molar-refractivity contribution in [2.45, 2.75) is 42.6 Å². The Morgan fingerprint density at radius 3 is 2.05 bits per heavy atom. The first kappa shape index (κ1) is 14.1. The highest BCUT2D eigenvalue weighted by Crippen LogP contribution is 2.28. The van der Waals surface area contributed by atoms with E-state index in [-0.39, 0.29) is 0 Å². The quantitative estimate of drug-likeness (QED) is 0.895. The Labute approximate surface area is 118 Å². The normalized spacial score (nSPS) is 12.7. The van der Waals surface area contributed by atoms with E-state index in [1.54, 1.807) is 18.7 Å². The zero-order valence-electron chi connectivity index (χ0n) is 11.5. The molecule has 3 heteroatoms. The minimum atomic E-state index is -0.510. The molecule has 2 nitrogen and oxygen atoms in total. The van der Waals surface area contributed by atoms with Crippen molar-refractivity contribution < 1.29 is 5.11 Å². The van der Waals surface area contributed by atoms with Crippen LogP contribution in [-0.2, 0) is 0 Å². The van der Waals surface area contributed by atoms with E-state index in [4.69, 9.17) is 0 Å². The lowest BCUT2D eigenvalue weighted by Gasteiger charge is -2.07. The fraction of sp³-hybridized carbons (Fsp3) is 0.312. The summed E-state index contributed by atoms with van der Waals surface area (Å²) >= 11 is 1.68. The Morgan fingerprint density at radius 1 is 0.947 bits per heavy atom. The number of hydrogen-bond acceptors (Lipinski definition) is 3. The standard InChI is InChI=1S/C16H19NOS/c1-11(2)13-4-6-14(7-5-13)19-15-8-9-16(12(3)18)17-10-15/h4-12,18H,1-3H3/t12-/m1/s1. The molecule has 0 fully saturated rings. The summed E-state index contributed by atoms with van der Waals surface area (Å²) in [6, 6.07) is 12.5. The second kappa shape index (κ2) is 6.22. The van der Waals surface area contributed by atoms with E-state index in [0.29, 0.717) is 11.6 Å². The van der Waals surface area contributed by atoms with Crippen LogP contribution in [0.15, 0.2) is 52.4 Å². The first-order chi connectivity index (χ1) is 9.06. The van der Waals surface area contributed by atoms with Gasteiger partial charge in [0.15, 0.2) is 0 Å². The van der Waals surface area contributed by atoms with Crippen LogP contribution in [0.3, 0.4) is 0 Å². The van der Waals surface area contributed by atoms with Gasteiger partial charge in [0.05, 0.1) is 11.8 Å². The molecular weight excluding hydrogens is 254 g/mol. The Morgan fingerprint density at radius 2 is 1.58 bits per heavy atom. The summed E-state index contributed by atoms with van der Waals surface area (Å²) < 4.78 is 0. The van der Waals surface area contributed by atoms with Gasteiger partial charge in [0.1, 0.15) is 0 Å². The number of rotatable bonds is 4. The third-order valence-electron chi connectivity index (χ3n) is 2.97. The van der Waals surface area contributed by atoms with Gasteiger partial charge in [-0.25, -0.2) is 0 Å². The van der Waals surface area contributed by atoms with Crippen molar-refractivity contribution >= 4 is 11.8 Å².